The van der Waals surface area contributed by atoms with Gasteiger partial charge < -0.3 is 5.11 Å². The first kappa shape index (κ1) is 10.0. The fourth-order valence-corrected chi connectivity index (χ4v) is 1.92. The van der Waals surface area contributed by atoms with Crippen molar-refractivity contribution in [3.8, 4) is 0 Å². The molecule has 0 aromatic rings. The van der Waals surface area contributed by atoms with E-state index in [1.807, 2.05) is 0 Å². The van der Waals surface area contributed by atoms with Crippen molar-refractivity contribution in [2.75, 3.05) is 6.61 Å². The summed E-state index contributed by atoms with van der Waals surface area (Å²) in [6.45, 7) is 7.31. The molecule has 1 nitrogen and oxygen atoms in total. The minimum Gasteiger partial charge on any atom is -0.396 e. The Hall–Kier alpha value is -0.0400. The Morgan fingerprint density at radius 3 is 2.42 bits per heavy atom. The molecule has 0 aromatic carbocycles. The van der Waals surface area contributed by atoms with Gasteiger partial charge in [-0.25, -0.2) is 0 Å². The first-order valence-corrected chi connectivity index (χ1v) is 5.17. The lowest BCUT2D eigenvalue weighted by Gasteiger charge is -2.09. The molecule has 1 aliphatic carbocycles. The van der Waals surface area contributed by atoms with Crippen LogP contribution in [0, 0.1) is 17.3 Å². The zero-order chi connectivity index (χ0) is 9.19. The third kappa shape index (κ3) is 2.78. The summed E-state index contributed by atoms with van der Waals surface area (Å²) in [5, 5.41) is 8.72. The van der Waals surface area contributed by atoms with E-state index < -0.39 is 0 Å². The van der Waals surface area contributed by atoms with Gasteiger partial charge in [-0.2, -0.15) is 0 Å². The summed E-state index contributed by atoms with van der Waals surface area (Å²) in [6.07, 6.45) is 5.06. The molecule has 0 aromatic heterocycles. The lowest BCUT2D eigenvalue weighted by atomic mass is 9.98. The van der Waals surface area contributed by atoms with Crippen LogP contribution in [-0.2, 0) is 0 Å². The highest BCUT2D eigenvalue weighted by Crippen LogP contribution is 2.54. The predicted molar refractivity (Wildman–Crippen MR) is 52.0 cm³/mol. The van der Waals surface area contributed by atoms with Crippen LogP contribution in [0.15, 0.2) is 0 Å². The molecule has 2 atom stereocenters. The van der Waals surface area contributed by atoms with Crippen LogP contribution in [0.5, 0.6) is 0 Å². The molecular formula is C11H22O. The maximum absolute atomic E-state index is 8.72. The van der Waals surface area contributed by atoms with E-state index >= 15 is 0 Å². The number of rotatable bonds is 5. The van der Waals surface area contributed by atoms with Crippen molar-refractivity contribution in [1.29, 1.82) is 0 Å². The van der Waals surface area contributed by atoms with Crippen LogP contribution in [0.4, 0.5) is 0 Å². The fraction of sp³-hybridized carbons (Fsp3) is 1.00. The molecule has 0 radical (unpaired) electrons. The molecule has 1 heteroatoms. The predicted octanol–water partition coefficient (Wildman–Crippen LogP) is 2.83. The van der Waals surface area contributed by atoms with Gasteiger partial charge >= 0.3 is 0 Å². The fourth-order valence-electron chi connectivity index (χ4n) is 1.92. The zero-order valence-corrected chi connectivity index (χ0v) is 8.64. The number of hydrogen-bond donors (Lipinski definition) is 1. The standard InChI is InChI=1S/C11H22O/c1-9(6-7-12)4-5-10-8-11(10,2)3/h9-10,12H,4-8H2,1-3H3/t9-,10-/m1/s1. The monoisotopic (exact) mass is 170 g/mol. The summed E-state index contributed by atoms with van der Waals surface area (Å²) >= 11 is 0. The smallest absolute Gasteiger partial charge is 0.0433 e. The Kier molecular flexibility index (Phi) is 3.16. The van der Waals surface area contributed by atoms with E-state index in [-0.39, 0.29) is 0 Å². The minimum atomic E-state index is 0.356. The Morgan fingerprint density at radius 1 is 1.42 bits per heavy atom. The highest BCUT2D eigenvalue weighted by atomic mass is 16.3. The molecule has 0 spiro atoms. The molecular weight excluding hydrogens is 148 g/mol. The number of hydrogen-bond acceptors (Lipinski definition) is 1. The van der Waals surface area contributed by atoms with Crippen molar-refractivity contribution in [3.63, 3.8) is 0 Å². The summed E-state index contributed by atoms with van der Waals surface area (Å²) in [4.78, 5) is 0. The van der Waals surface area contributed by atoms with Crippen molar-refractivity contribution in [2.45, 2.75) is 46.5 Å². The van der Waals surface area contributed by atoms with Crippen molar-refractivity contribution in [2.24, 2.45) is 17.3 Å². The van der Waals surface area contributed by atoms with Gasteiger partial charge in [-0.05, 0) is 36.5 Å². The Labute approximate surface area is 76.2 Å². The molecule has 1 N–H and O–H groups in total. The molecule has 0 bridgehead atoms. The third-order valence-electron chi connectivity index (χ3n) is 3.35. The molecule has 0 saturated heterocycles. The second kappa shape index (κ2) is 3.78. The van der Waals surface area contributed by atoms with Crippen LogP contribution >= 0.6 is 0 Å². The van der Waals surface area contributed by atoms with Gasteiger partial charge in [0.25, 0.3) is 0 Å². The van der Waals surface area contributed by atoms with Crippen molar-refractivity contribution >= 4 is 0 Å². The molecule has 1 fully saturated rings. The van der Waals surface area contributed by atoms with E-state index in [0.29, 0.717) is 17.9 Å². The minimum absolute atomic E-state index is 0.356. The van der Waals surface area contributed by atoms with E-state index in [1.165, 1.54) is 19.3 Å². The summed E-state index contributed by atoms with van der Waals surface area (Å²) in [5.41, 5.74) is 0.638. The van der Waals surface area contributed by atoms with Crippen LogP contribution in [0.3, 0.4) is 0 Å². The first-order valence-electron chi connectivity index (χ1n) is 5.17. The molecule has 0 heterocycles. The Morgan fingerprint density at radius 2 is 2.00 bits per heavy atom. The molecule has 0 unspecified atom stereocenters. The van der Waals surface area contributed by atoms with Gasteiger partial charge in [-0.1, -0.05) is 27.2 Å². The molecule has 72 valence electrons. The van der Waals surface area contributed by atoms with Crippen LogP contribution in [0.2, 0.25) is 0 Å². The normalized spacial score (nSPS) is 28.5. The Bertz CT molecular complexity index is 140. The largest absolute Gasteiger partial charge is 0.396 e. The van der Waals surface area contributed by atoms with E-state index in [2.05, 4.69) is 20.8 Å². The average molecular weight is 170 g/mol. The number of aliphatic hydroxyl groups is 1. The maximum Gasteiger partial charge on any atom is 0.0433 e. The van der Waals surface area contributed by atoms with Crippen molar-refractivity contribution in [3.05, 3.63) is 0 Å². The van der Waals surface area contributed by atoms with Gasteiger partial charge in [0.05, 0.1) is 0 Å². The summed E-state index contributed by atoms with van der Waals surface area (Å²) in [7, 11) is 0. The second-order valence-corrected chi connectivity index (χ2v) is 5.08. The van der Waals surface area contributed by atoms with E-state index in [0.717, 1.165) is 12.3 Å². The summed E-state index contributed by atoms with van der Waals surface area (Å²) in [5.74, 6) is 1.69. The van der Waals surface area contributed by atoms with Crippen LogP contribution < -0.4 is 0 Å². The topological polar surface area (TPSA) is 20.2 Å². The third-order valence-corrected chi connectivity index (χ3v) is 3.35. The van der Waals surface area contributed by atoms with Gasteiger partial charge in [0, 0.05) is 6.61 Å². The first-order chi connectivity index (χ1) is 5.56. The van der Waals surface area contributed by atoms with E-state index in [1.54, 1.807) is 0 Å². The molecule has 0 aliphatic heterocycles. The van der Waals surface area contributed by atoms with E-state index in [9.17, 15) is 0 Å². The quantitative estimate of drug-likeness (QED) is 0.672. The van der Waals surface area contributed by atoms with Gasteiger partial charge in [0.15, 0.2) is 0 Å². The Balaban J connectivity index is 2.03. The second-order valence-electron chi connectivity index (χ2n) is 5.08. The number of aliphatic hydroxyl groups excluding tert-OH is 1. The summed E-state index contributed by atoms with van der Waals surface area (Å²) in [6, 6.07) is 0. The van der Waals surface area contributed by atoms with Gasteiger partial charge in [0.2, 0.25) is 0 Å². The molecule has 1 aliphatic rings. The summed E-state index contributed by atoms with van der Waals surface area (Å²) < 4.78 is 0. The average Bonchev–Trinajstić information content (AvgIpc) is 2.56. The van der Waals surface area contributed by atoms with Gasteiger partial charge in [0.1, 0.15) is 0 Å². The van der Waals surface area contributed by atoms with E-state index in [4.69, 9.17) is 5.11 Å². The lowest BCUT2D eigenvalue weighted by Crippen LogP contribution is -2.00. The maximum atomic E-state index is 8.72. The van der Waals surface area contributed by atoms with Crippen LogP contribution in [0.1, 0.15) is 46.5 Å². The van der Waals surface area contributed by atoms with Crippen LogP contribution in [-0.4, -0.2) is 11.7 Å². The van der Waals surface area contributed by atoms with Crippen molar-refractivity contribution in [1.82, 2.24) is 0 Å². The van der Waals surface area contributed by atoms with Gasteiger partial charge in [-0.3, -0.25) is 0 Å². The lowest BCUT2D eigenvalue weighted by molar-refractivity contribution is 0.255. The molecule has 0 amide bonds. The molecule has 12 heavy (non-hydrogen) atoms. The van der Waals surface area contributed by atoms with Crippen LogP contribution in [0.25, 0.3) is 0 Å². The SMILES string of the molecule is C[C@@H](CCO)CC[C@@H]1CC1(C)C. The zero-order valence-electron chi connectivity index (χ0n) is 8.64. The van der Waals surface area contributed by atoms with Gasteiger partial charge in [-0.15, -0.1) is 0 Å². The highest BCUT2D eigenvalue weighted by Gasteiger charge is 2.44. The molecule has 1 rings (SSSR count). The van der Waals surface area contributed by atoms with Crippen molar-refractivity contribution < 1.29 is 5.11 Å². The highest BCUT2D eigenvalue weighted by molar-refractivity contribution is 4.94. The molecule has 1 saturated carbocycles.